The number of benzene rings is 1. The van der Waals surface area contributed by atoms with E-state index in [2.05, 4.69) is 5.32 Å². The number of hydrogen-bond acceptors (Lipinski definition) is 5. The standard InChI is InChI=1S/C16H23ClN2O5S2/c1-4-19(5-2)26(23,24)14-10-12(6-7-13(14)17)15(20)18-16(3)8-9-25(21,22)11-16/h6-7,10H,4-5,8-9,11H2,1-3H3,(H,18,20)/t16-/m0/s1. The van der Waals surface area contributed by atoms with Crippen molar-refractivity contribution >= 4 is 37.4 Å². The Labute approximate surface area is 159 Å². The number of nitrogens with one attached hydrogen (secondary N) is 1. The van der Waals surface area contributed by atoms with Crippen LogP contribution in [0.15, 0.2) is 23.1 Å². The van der Waals surface area contributed by atoms with Crippen molar-refractivity contribution < 1.29 is 21.6 Å². The molecule has 1 N–H and O–H groups in total. The molecule has 0 bridgehead atoms. The number of nitrogens with zero attached hydrogens (tertiary/aromatic N) is 1. The summed E-state index contributed by atoms with van der Waals surface area (Å²) in [6.45, 7) is 5.65. The van der Waals surface area contributed by atoms with Crippen LogP contribution in [0, 0.1) is 0 Å². The van der Waals surface area contributed by atoms with Crippen LogP contribution >= 0.6 is 11.6 Å². The number of amides is 1. The highest BCUT2D eigenvalue weighted by Crippen LogP contribution is 2.27. The molecule has 10 heteroatoms. The third kappa shape index (κ3) is 4.39. The van der Waals surface area contributed by atoms with E-state index >= 15 is 0 Å². The fraction of sp³-hybridized carbons (Fsp3) is 0.562. The zero-order chi connectivity index (χ0) is 19.8. The molecule has 0 aliphatic carbocycles. The second kappa shape index (κ2) is 7.46. The van der Waals surface area contributed by atoms with Gasteiger partial charge in [0.1, 0.15) is 4.90 Å². The van der Waals surface area contributed by atoms with Crippen molar-refractivity contribution in [2.75, 3.05) is 24.6 Å². The maximum absolute atomic E-state index is 12.7. The predicted octanol–water partition coefficient (Wildman–Crippen LogP) is 1.68. The molecule has 0 radical (unpaired) electrons. The fourth-order valence-corrected chi connectivity index (χ4v) is 7.05. The first-order valence-electron chi connectivity index (χ1n) is 8.27. The lowest BCUT2D eigenvalue weighted by Gasteiger charge is -2.24. The molecular weight excluding hydrogens is 400 g/mol. The summed E-state index contributed by atoms with van der Waals surface area (Å²) in [7, 11) is -7.00. The number of carbonyl (C=O) groups excluding carboxylic acids is 1. The van der Waals surface area contributed by atoms with E-state index < -0.39 is 31.3 Å². The topological polar surface area (TPSA) is 101 Å². The first-order chi connectivity index (χ1) is 11.9. The minimum atomic E-state index is -3.82. The first-order valence-corrected chi connectivity index (χ1v) is 11.9. The minimum Gasteiger partial charge on any atom is -0.346 e. The molecule has 1 atom stereocenters. The normalized spacial score (nSPS) is 22.5. The number of sulfone groups is 1. The molecule has 2 rings (SSSR count). The molecular formula is C16H23ClN2O5S2. The molecule has 0 saturated carbocycles. The average Bonchev–Trinajstić information content (AvgIpc) is 2.81. The fourth-order valence-electron chi connectivity index (χ4n) is 3.00. The maximum atomic E-state index is 12.7. The van der Waals surface area contributed by atoms with Crippen molar-refractivity contribution in [3.8, 4) is 0 Å². The number of hydrogen-bond donors (Lipinski definition) is 1. The second-order valence-electron chi connectivity index (χ2n) is 6.59. The minimum absolute atomic E-state index is 0.0198. The Kier molecular flexibility index (Phi) is 6.06. The van der Waals surface area contributed by atoms with Gasteiger partial charge >= 0.3 is 0 Å². The highest BCUT2D eigenvalue weighted by atomic mass is 35.5. The Balaban J connectivity index is 2.34. The summed E-state index contributed by atoms with van der Waals surface area (Å²) in [6, 6.07) is 4.02. The lowest BCUT2D eigenvalue weighted by Crippen LogP contribution is -2.47. The van der Waals surface area contributed by atoms with Crippen LogP contribution in [0.3, 0.4) is 0 Å². The number of sulfonamides is 1. The van der Waals surface area contributed by atoms with Gasteiger partial charge in [-0.05, 0) is 31.5 Å². The monoisotopic (exact) mass is 422 g/mol. The third-order valence-electron chi connectivity index (χ3n) is 4.44. The van der Waals surface area contributed by atoms with E-state index in [4.69, 9.17) is 11.6 Å². The van der Waals surface area contributed by atoms with Crippen LogP contribution in [0.1, 0.15) is 37.6 Å². The molecule has 1 aliphatic rings. The van der Waals surface area contributed by atoms with Crippen LogP contribution in [0.2, 0.25) is 5.02 Å². The van der Waals surface area contributed by atoms with Crippen molar-refractivity contribution in [3.63, 3.8) is 0 Å². The van der Waals surface area contributed by atoms with E-state index in [9.17, 15) is 21.6 Å². The van der Waals surface area contributed by atoms with E-state index in [1.54, 1.807) is 20.8 Å². The van der Waals surface area contributed by atoms with E-state index in [-0.39, 0.29) is 40.1 Å². The molecule has 7 nitrogen and oxygen atoms in total. The quantitative estimate of drug-likeness (QED) is 0.751. The Morgan fingerprint density at radius 2 is 1.92 bits per heavy atom. The van der Waals surface area contributed by atoms with Crippen LogP contribution in [0.25, 0.3) is 0 Å². The van der Waals surface area contributed by atoms with Crippen molar-refractivity contribution in [3.05, 3.63) is 28.8 Å². The van der Waals surface area contributed by atoms with E-state index in [0.29, 0.717) is 6.42 Å². The lowest BCUT2D eigenvalue weighted by atomic mass is 10.0. The maximum Gasteiger partial charge on any atom is 0.251 e. The largest absolute Gasteiger partial charge is 0.346 e. The van der Waals surface area contributed by atoms with Crippen molar-refractivity contribution in [2.45, 2.75) is 37.6 Å². The molecule has 1 amide bonds. The molecule has 0 aromatic heterocycles. The van der Waals surface area contributed by atoms with Gasteiger partial charge < -0.3 is 5.32 Å². The molecule has 0 spiro atoms. The van der Waals surface area contributed by atoms with Gasteiger partial charge in [0.15, 0.2) is 9.84 Å². The predicted molar refractivity (Wildman–Crippen MR) is 101 cm³/mol. The van der Waals surface area contributed by atoms with Crippen molar-refractivity contribution in [2.24, 2.45) is 0 Å². The zero-order valence-corrected chi connectivity index (χ0v) is 17.3. The van der Waals surface area contributed by atoms with Gasteiger partial charge in [0.25, 0.3) is 5.91 Å². The molecule has 1 saturated heterocycles. The van der Waals surface area contributed by atoms with Crippen LogP contribution in [0.4, 0.5) is 0 Å². The van der Waals surface area contributed by atoms with Crippen LogP contribution in [0.5, 0.6) is 0 Å². The first kappa shape index (κ1) is 21.1. The van der Waals surface area contributed by atoms with Gasteiger partial charge in [-0.1, -0.05) is 25.4 Å². The van der Waals surface area contributed by atoms with Gasteiger partial charge in [-0.25, -0.2) is 16.8 Å². The highest BCUT2D eigenvalue weighted by molar-refractivity contribution is 7.91. The summed E-state index contributed by atoms with van der Waals surface area (Å²) in [5, 5.41) is 2.74. The van der Waals surface area contributed by atoms with Crippen LogP contribution in [-0.4, -0.2) is 57.2 Å². The van der Waals surface area contributed by atoms with E-state index in [0.717, 1.165) is 0 Å². The Morgan fingerprint density at radius 1 is 1.31 bits per heavy atom. The Hall–Kier alpha value is -1.16. The molecule has 1 aliphatic heterocycles. The van der Waals surface area contributed by atoms with Gasteiger partial charge in [-0.15, -0.1) is 0 Å². The van der Waals surface area contributed by atoms with Crippen molar-refractivity contribution in [1.82, 2.24) is 9.62 Å². The van der Waals surface area contributed by atoms with Crippen LogP contribution in [-0.2, 0) is 19.9 Å². The molecule has 1 heterocycles. The number of halogens is 1. The zero-order valence-electron chi connectivity index (χ0n) is 15.0. The van der Waals surface area contributed by atoms with Gasteiger partial charge in [0.2, 0.25) is 10.0 Å². The van der Waals surface area contributed by atoms with E-state index in [1.807, 2.05) is 0 Å². The third-order valence-corrected chi connectivity index (χ3v) is 8.87. The SMILES string of the molecule is CCN(CC)S(=O)(=O)c1cc(C(=O)N[C@@]2(C)CCS(=O)(=O)C2)ccc1Cl. The van der Waals surface area contributed by atoms with Gasteiger partial charge in [-0.3, -0.25) is 4.79 Å². The average molecular weight is 423 g/mol. The number of carbonyl (C=O) groups is 1. The summed E-state index contributed by atoms with van der Waals surface area (Å²) in [5.74, 6) is -0.645. The molecule has 0 unspecified atom stereocenters. The Bertz CT molecular complexity index is 911. The molecule has 1 aromatic carbocycles. The van der Waals surface area contributed by atoms with Gasteiger partial charge in [0, 0.05) is 18.7 Å². The molecule has 146 valence electrons. The molecule has 26 heavy (non-hydrogen) atoms. The van der Waals surface area contributed by atoms with Crippen LogP contribution < -0.4 is 5.32 Å². The second-order valence-corrected chi connectivity index (χ2v) is 11.1. The number of rotatable bonds is 6. The van der Waals surface area contributed by atoms with Crippen molar-refractivity contribution in [1.29, 1.82) is 0 Å². The molecule has 1 aromatic rings. The summed E-state index contributed by atoms with van der Waals surface area (Å²) in [4.78, 5) is 12.4. The van der Waals surface area contributed by atoms with Gasteiger partial charge in [0.05, 0.1) is 22.1 Å². The highest BCUT2D eigenvalue weighted by Gasteiger charge is 2.39. The summed E-state index contributed by atoms with van der Waals surface area (Å²) < 4.78 is 50.0. The van der Waals surface area contributed by atoms with E-state index in [1.165, 1.54) is 22.5 Å². The lowest BCUT2D eigenvalue weighted by molar-refractivity contribution is 0.0915. The summed E-state index contributed by atoms with van der Waals surface area (Å²) in [5.41, 5.74) is -0.751. The summed E-state index contributed by atoms with van der Waals surface area (Å²) >= 11 is 6.06. The Morgan fingerprint density at radius 3 is 2.42 bits per heavy atom. The molecule has 1 fully saturated rings. The summed E-state index contributed by atoms with van der Waals surface area (Å²) in [6.07, 6.45) is 0.319. The van der Waals surface area contributed by atoms with Gasteiger partial charge in [-0.2, -0.15) is 4.31 Å². The smallest absolute Gasteiger partial charge is 0.251 e.